The maximum atomic E-state index is 6.30. The van der Waals surface area contributed by atoms with Gasteiger partial charge in [-0.05, 0) is 38.4 Å². The van der Waals surface area contributed by atoms with Crippen LogP contribution in [0.2, 0.25) is 0 Å². The molecule has 2 aromatic rings. The summed E-state index contributed by atoms with van der Waals surface area (Å²) >= 11 is 1.73. The van der Waals surface area contributed by atoms with E-state index in [1.807, 2.05) is 12.3 Å². The Hall–Kier alpha value is -1.50. The number of morpholine rings is 1. The van der Waals surface area contributed by atoms with Crippen LogP contribution in [0.4, 0.5) is 5.82 Å². The molecule has 1 atom stereocenters. The van der Waals surface area contributed by atoms with Crippen LogP contribution in [0.5, 0.6) is 0 Å². The molecule has 24 heavy (non-hydrogen) atoms. The predicted molar refractivity (Wildman–Crippen MR) is 96.5 cm³/mol. The van der Waals surface area contributed by atoms with E-state index in [4.69, 9.17) is 4.74 Å². The van der Waals surface area contributed by atoms with E-state index < -0.39 is 0 Å². The van der Waals surface area contributed by atoms with Crippen molar-refractivity contribution in [3.63, 3.8) is 0 Å². The van der Waals surface area contributed by atoms with Crippen LogP contribution in [0.25, 0.3) is 0 Å². The number of nitrogens with zero attached hydrogens (tertiary/aromatic N) is 4. The van der Waals surface area contributed by atoms with Crippen molar-refractivity contribution in [2.75, 3.05) is 37.7 Å². The molecule has 0 aromatic carbocycles. The number of thiazole rings is 1. The highest BCUT2D eigenvalue weighted by atomic mass is 32.1. The van der Waals surface area contributed by atoms with Crippen LogP contribution in [0.15, 0.2) is 29.8 Å². The van der Waals surface area contributed by atoms with E-state index in [9.17, 15) is 0 Å². The summed E-state index contributed by atoms with van der Waals surface area (Å²) in [5.41, 5.74) is 1.12. The van der Waals surface area contributed by atoms with Crippen LogP contribution in [0.3, 0.4) is 0 Å². The molecule has 6 heteroatoms. The quantitative estimate of drug-likeness (QED) is 0.856. The molecule has 1 spiro atoms. The highest BCUT2D eigenvalue weighted by molar-refractivity contribution is 7.09. The molecule has 0 bridgehead atoms. The summed E-state index contributed by atoms with van der Waals surface area (Å²) in [6.07, 6.45) is 4.18. The van der Waals surface area contributed by atoms with Crippen LogP contribution >= 0.6 is 11.3 Å². The van der Waals surface area contributed by atoms with Crippen LogP contribution in [-0.2, 0) is 11.3 Å². The third-order valence-electron chi connectivity index (χ3n) is 4.89. The first-order chi connectivity index (χ1) is 11.7. The first kappa shape index (κ1) is 16.0. The van der Waals surface area contributed by atoms with Gasteiger partial charge in [0.15, 0.2) is 0 Å². The van der Waals surface area contributed by atoms with Crippen molar-refractivity contribution in [3.05, 3.63) is 40.5 Å². The Morgan fingerprint density at radius 2 is 2.25 bits per heavy atom. The molecule has 128 valence electrons. The van der Waals surface area contributed by atoms with Gasteiger partial charge in [0.2, 0.25) is 0 Å². The van der Waals surface area contributed by atoms with Crippen molar-refractivity contribution in [3.8, 4) is 0 Å². The number of pyridine rings is 1. The van der Waals surface area contributed by atoms with E-state index in [1.54, 1.807) is 11.3 Å². The zero-order valence-corrected chi connectivity index (χ0v) is 15.0. The van der Waals surface area contributed by atoms with Gasteiger partial charge >= 0.3 is 0 Å². The van der Waals surface area contributed by atoms with Crippen LogP contribution in [0, 0.1) is 6.92 Å². The number of aryl methyl sites for hydroxylation is 1. The minimum Gasteiger partial charge on any atom is -0.370 e. The molecular formula is C18H24N4OS. The van der Waals surface area contributed by atoms with Gasteiger partial charge in [0, 0.05) is 37.8 Å². The maximum absolute atomic E-state index is 6.30. The van der Waals surface area contributed by atoms with Gasteiger partial charge < -0.3 is 9.64 Å². The molecule has 0 saturated carbocycles. The average molecular weight is 344 g/mol. The third-order valence-corrected chi connectivity index (χ3v) is 5.71. The van der Waals surface area contributed by atoms with Crippen molar-refractivity contribution in [2.45, 2.75) is 31.9 Å². The average Bonchev–Trinajstić information content (AvgIpc) is 3.01. The van der Waals surface area contributed by atoms with Gasteiger partial charge in [0.1, 0.15) is 5.82 Å². The molecule has 4 heterocycles. The minimum absolute atomic E-state index is 0.0703. The monoisotopic (exact) mass is 344 g/mol. The second-order valence-electron chi connectivity index (χ2n) is 6.81. The van der Waals surface area contributed by atoms with E-state index in [1.165, 1.54) is 12.1 Å². The molecule has 2 aliphatic rings. The van der Waals surface area contributed by atoms with Crippen LogP contribution < -0.4 is 4.90 Å². The lowest BCUT2D eigenvalue weighted by Crippen LogP contribution is -2.59. The molecule has 1 unspecified atom stereocenters. The van der Waals surface area contributed by atoms with Crippen molar-refractivity contribution in [2.24, 2.45) is 0 Å². The van der Waals surface area contributed by atoms with Gasteiger partial charge in [0.25, 0.3) is 0 Å². The van der Waals surface area contributed by atoms with Crippen molar-refractivity contribution in [1.82, 2.24) is 14.9 Å². The van der Waals surface area contributed by atoms with Gasteiger partial charge in [-0.15, -0.1) is 11.3 Å². The fourth-order valence-electron chi connectivity index (χ4n) is 3.86. The standard InChI is InChI=1S/C18H24N4OS/c1-15-20-16(12-24-15)11-21-8-4-6-18(13-21)14-22(9-10-23-18)17-5-2-3-7-19-17/h2-3,5,7,12H,4,6,8-11,13-14H2,1H3. The van der Waals surface area contributed by atoms with Gasteiger partial charge in [-0.2, -0.15) is 0 Å². The molecule has 2 saturated heterocycles. The molecule has 0 aliphatic carbocycles. The predicted octanol–water partition coefficient (Wildman–Crippen LogP) is 2.72. The Morgan fingerprint density at radius 3 is 3.04 bits per heavy atom. The Labute approximate surface area is 147 Å². The molecule has 2 fully saturated rings. The normalized spacial score (nSPS) is 25.3. The van der Waals surface area contributed by atoms with Gasteiger partial charge in [-0.25, -0.2) is 9.97 Å². The zero-order valence-electron chi connectivity index (χ0n) is 14.1. The highest BCUT2D eigenvalue weighted by Gasteiger charge is 2.40. The maximum Gasteiger partial charge on any atom is 0.128 e. The van der Waals surface area contributed by atoms with Crippen molar-refractivity contribution >= 4 is 17.2 Å². The van der Waals surface area contributed by atoms with E-state index in [0.717, 1.165) is 56.6 Å². The fourth-order valence-corrected chi connectivity index (χ4v) is 4.47. The number of anilines is 1. The number of rotatable bonds is 3. The molecule has 0 radical (unpaired) electrons. The Morgan fingerprint density at radius 1 is 1.29 bits per heavy atom. The minimum atomic E-state index is -0.0703. The summed E-state index contributed by atoms with van der Waals surface area (Å²) in [6, 6.07) is 6.12. The summed E-state index contributed by atoms with van der Waals surface area (Å²) in [5, 5.41) is 3.32. The summed E-state index contributed by atoms with van der Waals surface area (Å²) in [5.74, 6) is 1.06. The fraction of sp³-hybridized carbons (Fsp3) is 0.556. The number of ether oxygens (including phenoxy) is 1. The number of likely N-dealkylation sites (tertiary alicyclic amines) is 1. The topological polar surface area (TPSA) is 41.5 Å². The third kappa shape index (κ3) is 3.45. The smallest absolute Gasteiger partial charge is 0.128 e. The molecule has 4 rings (SSSR count). The molecule has 0 N–H and O–H groups in total. The summed E-state index contributed by atoms with van der Waals surface area (Å²) < 4.78 is 6.30. The Bertz CT molecular complexity index is 673. The van der Waals surface area contributed by atoms with Crippen LogP contribution in [0.1, 0.15) is 23.5 Å². The lowest BCUT2D eigenvalue weighted by Gasteiger charge is -2.48. The second-order valence-corrected chi connectivity index (χ2v) is 7.88. The van der Waals surface area contributed by atoms with Crippen LogP contribution in [-0.4, -0.2) is 53.3 Å². The highest BCUT2D eigenvalue weighted by Crippen LogP contribution is 2.31. The van der Waals surface area contributed by atoms with Gasteiger partial charge in [-0.1, -0.05) is 6.07 Å². The molecule has 2 aromatic heterocycles. The molecular weight excluding hydrogens is 320 g/mol. The Balaban J connectivity index is 1.45. The largest absolute Gasteiger partial charge is 0.370 e. The molecule has 5 nitrogen and oxygen atoms in total. The van der Waals surface area contributed by atoms with Gasteiger partial charge in [0.05, 0.1) is 22.9 Å². The number of hydrogen-bond acceptors (Lipinski definition) is 6. The van der Waals surface area contributed by atoms with Crippen molar-refractivity contribution < 1.29 is 4.74 Å². The Kier molecular flexibility index (Phi) is 4.52. The number of aromatic nitrogens is 2. The SMILES string of the molecule is Cc1nc(CN2CCCC3(C2)CN(c2ccccn2)CCO3)cs1. The summed E-state index contributed by atoms with van der Waals surface area (Å²) in [4.78, 5) is 14.0. The van der Waals surface area contributed by atoms with E-state index in [2.05, 4.69) is 44.2 Å². The van der Waals surface area contributed by atoms with E-state index in [0.29, 0.717) is 0 Å². The molecule has 2 aliphatic heterocycles. The summed E-state index contributed by atoms with van der Waals surface area (Å²) in [7, 11) is 0. The van der Waals surface area contributed by atoms with E-state index >= 15 is 0 Å². The summed E-state index contributed by atoms with van der Waals surface area (Å²) in [6.45, 7) is 7.74. The number of piperidine rings is 1. The zero-order chi connectivity index (χ0) is 16.4. The number of hydrogen-bond donors (Lipinski definition) is 0. The lowest BCUT2D eigenvalue weighted by molar-refractivity contribution is -0.0988. The molecule has 0 amide bonds. The van der Waals surface area contributed by atoms with Gasteiger partial charge in [-0.3, -0.25) is 4.90 Å². The lowest BCUT2D eigenvalue weighted by atomic mass is 9.90. The first-order valence-electron chi connectivity index (χ1n) is 8.66. The first-order valence-corrected chi connectivity index (χ1v) is 9.54. The van der Waals surface area contributed by atoms with Crippen molar-refractivity contribution in [1.29, 1.82) is 0 Å². The second kappa shape index (κ2) is 6.78. The van der Waals surface area contributed by atoms with E-state index in [-0.39, 0.29) is 5.60 Å².